The molecular formula is C11H23N3. The molecule has 0 aliphatic heterocycles. The van der Waals surface area contributed by atoms with E-state index in [-0.39, 0.29) is 6.04 Å². The van der Waals surface area contributed by atoms with Gasteiger partial charge in [-0.1, -0.05) is 13.8 Å². The average Bonchev–Trinajstić information content (AvgIpc) is 2.13. The molecule has 82 valence electrons. The van der Waals surface area contributed by atoms with Gasteiger partial charge in [-0.2, -0.15) is 5.26 Å². The van der Waals surface area contributed by atoms with Crippen LogP contribution < -0.4 is 5.73 Å². The van der Waals surface area contributed by atoms with E-state index in [9.17, 15) is 0 Å². The summed E-state index contributed by atoms with van der Waals surface area (Å²) < 4.78 is 0. The molecule has 0 aromatic rings. The van der Waals surface area contributed by atoms with Crippen LogP contribution in [0.25, 0.3) is 0 Å². The molecule has 0 saturated heterocycles. The van der Waals surface area contributed by atoms with Gasteiger partial charge in [0.05, 0.1) is 12.5 Å². The molecule has 2 unspecified atom stereocenters. The summed E-state index contributed by atoms with van der Waals surface area (Å²) in [4.78, 5) is 2.20. The second kappa shape index (κ2) is 6.80. The Kier molecular flexibility index (Phi) is 6.52. The second-order valence-electron chi connectivity index (χ2n) is 4.39. The van der Waals surface area contributed by atoms with E-state index in [1.807, 2.05) is 0 Å². The molecule has 0 radical (unpaired) electrons. The van der Waals surface area contributed by atoms with Crippen molar-refractivity contribution < 1.29 is 0 Å². The predicted molar refractivity (Wildman–Crippen MR) is 59.8 cm³/mol. The first-order chi connectivity index (χ1) is 6.49. The molecule has 3 heteroatoms. The lowest BCUT2D eigenvalue weighted by Gasteiger charge is -2.25. The maximum Gasteiger partial charge on any atom is 0.0638 e. The highest BCUT2D eigenvalue weighted by atomic mass is 15.1. The van der Waals surface area contributed by atoms with Crippen LogP contribution in [0.1, 0.15) is 33.6 Å². The van der Waals surface area contributed by atoms with E-state index >= 15 is 0 Å². The van der Waals surface area contributed by atoms with Crippen LogP contribution in [0.15, 0.2) is 0 Å². The summed E-state index contributed by atoms with van der Waals surface area (Å²) in [5.74, 6) is 0.537. The molecule has 0 rings (SSSR count). The van der Waals surface area contributed by atoms with Crippen LogP contribution in [0.4, 0.5) is 0 Å². The molecule has 2 atom stereocenters. The second-order valence-corrected chi connectivity index (χ2v) is 4.39. The Morgan fingerprint density at radius 2 is 1.93 bits per heavy atom. The molecule has 0 heterocycles. The highest BCUT2D eigenvalue weighted by Gasteiger charge is 2.12. The summed E-state index contributed by atoms with van der Waals surface area (Å²) >= 11 is 0. The SMILES string of the molecule is CC(C)C(N)CCN(C)C(C)CC#N. The van der Waals surface area contributed by atoms with Crippen LogP contribution in [-0.4, -0.2) is 30.6 Å². The molecule has 14 heavy (non-hydrogen) atoms. The molecule has 0 bridgehead atoms. The van der Waals surface area contributed by atoms with Gasteiger partial charge in [0.1, 0.15) is 0 Å². The third-order valence-electron chi connectivity index (χ3n) is 2.81. The Morgan fingerprint density at radius 1 is 1.36 bits per heavy atom. The van der Waals surface area contributed by atoms with Gasteiger partial charge >= 0.3 is 0 Å². The molecular weight excluding hydrogens is 174 g/mol. The maximum absolute atomic E-state index is 8.55. The first kappa shape index (κ1) is 13.4. The van der Waals surface area contributed by atoms with Crippen molar-refractivity contribution >= 4 is 0 Å². The fraction of sp³-hybridized carbons (Fsp3) is 0.909. The van der Waals surface area contributed by atoms with E-state index < -0.39 is 0 Å². The number of nitrogens with zero attached hydrogens (tertiary/aromatic N) is 2. The summed E-state index contributed by atoms with van der Waals surface area (Å²) in [6.07, 6.45) is 1.59. The molecule has 0 aromatic heterocycles. The standard InChI is InChI=1S/C11H23N3/c1-9(2)11(13)6-8-14(4)10(3)5-7-12/h9-11H,5-6,8,13H2,1-4H3. The minimum atomic E-state index is 0.270. The van der Waals surface area contributed by atoms with Crippen LogP contribution in [0.5, 0.6) is 0 Å². The van der Waals surface area contributed by atoms with E-state index in [1.54, 1.807) is 0 Å². The molecule has 0 saturated carbocycles. The van der Waals surface area contributed by atoms with Gasteiger partial charge in [-0.3, -0.25) is 0 Å². The Bertz CT molecular complexity index is 183. The van der Waals surface area contributed by atoms with Crippen LogP contribution in [0.3, 0.4) is 0 Å². The number of nitriles is 1. The summed E-state index contributed by atoms with van der Waals surface area (Å²) in [6, 6.07) is 2.79. The van der Waals surface area contributed by atoms with Crippen LogP contribution in [-0.2, 0) is 0 Å². The molecule has 0 aromatic carbocycles. The zero-order valence-corrected chi connectivity index (χ0v) is 9.83. The van der Waals surface area contributed by atoms with Gasteiger partial charge in [-0.05, 0) is 32.9 Å². The van der Waals surface area contributed by atoms with Crippen molar-refractivity contribution in [2.75, 3.05) is 13.6 Å². The van der Waals surface area contributed by atoms with Crippen molar-refractivity contribution in [3.8, 4) is 6.07 Å². The first-order valence-corrected chi connectivity index (χ1v) is 5.31. The molecule has 0 aliphatic carbocycles. The highest BCUT2D eigenvalue weighted by Crippen LogP contribution is 2.06. The zero-order valence-electron chi connectivity index (χ0n) is 9.83. The summed E-state index contributed by atoms with van der Waals surface area (Å²) in [7, 11) is 2.05. The van der Waals surface area contributed by atoms with E-state index in [0.29, 0.717) is 18.4 Å². The van der Waals surface area contributed by atoms with Crippen molar-refractivity contribution in [2.45, 2.75) is 45.7 Å². The molecule has 0 amide bonds. The topological polar surface area (TPSA) is 53.0 Å². The Morgan fingerprint density at radius 3 is 2.36 bits per heavy atom. The smallest absolute Gasteiger partial charge is 0.0638 e. The van der Waals surface area contributed by atoms with Crippen LogP contribution in [0, 0.1) is 17.2 Å². The third kappa shape index (κ3) is 5.21. The summed E-state index contributed by atoms with van der Waals surface area (Å²) in [6.45, 7) is 7.33. The molecule has 3 nitrogen and oxygen atoms in total. The molecule has 0 fully saturated rings. The van der Waals surface area contributed by atoms with Gasteiger partial charge < -0.3 is 10.6 Å². The molecule has 0 aliphatic rings. The van der Waals surface area contributed by atoms with E-state index in [1.165, 1.54) is 0 Å². The van der Waals surface area contributed by atoms with E-state index in [2.05, 4.69) is 38.8 Å². The summed E-state index contributed by atoms with van der Waals surface area (Å²) in [5, 5.41) is 8.55. The van der Waals surface area contributed by atoms with Gasteiger partial charge in [-0.25, -0.2) is 0 Å². The van der Waals surface area contributed by atoms with Gasteiger partial charge in [0, 0.05) is 12.1 Å². The van der Waals surface area contributed by atoms with Gasteiger partial charge in [0.15, 0.2) is 0 Å². The minimum Gasteiger partial charge on any atom is -0.327 e. The Hall–Kier alpha value is -0.590. The Balaban J connectivity index is 3.73. The lowest BCUT2D eigenvalue weighted by molar-refractivity contribution is 0.243. The predicted octanol–water partition coefficient (Wildman–Crippen LogP) is 1.59. The molecule has 2 N–H and O–H groups in total. The lowest BCUT2D eigenvalue weighted by Crippen LogP contribution is -2.35. The fourth-order valence-electron chi connectivity index (χ4n) is 1.19. The van der Waals surface area contributed by atoms with Crippen LogP contribution >= 0.6 is 0 Å². The van der Waals surface area contributed by atoms with E-state index in [0.717, 1.165) is 13.0 Å². The van der Waals surface area contributed by atoms with Gasteiger partial charge in [0.2, 0.25) is 0 Å². The quantitative estimate of drug-likeness (QED) is 0.703. The Labute approximate surface area is 87.9 Å². The zero-order chi connectivity index (χ0) is 11.1. The molecule has 0 spiro atoms. The van der Waals surface area contributed by atoms with Gasteiger partial charge in [-0.15, -0.1) is 0 Å². The number of hydrogen-bond acceptors (Lipinski definition) is 3. The van der Waals surface area contributed by atoms with Crippen molar-refractivity contribution in [1.82, 2.24) is 4.90 Å². The fourth-order valence-corrected chi connectivity index (χ4v) is 1.19. The van der Waals surface area contributed by atoms with Crippen molar-refractivity contribution in [2.24, 2.45) is 11.7 Å². The van der Waals surface area contributed by atoms with Crippen molar-refractivity contribution in [3.05, 3.63) is 0 Å². The van der Waals surface area contributed by atoms with Gasteiger partial charge in [0.25, 0.3) is 0 Å². The monoisotopic (exact) mass is 197 g/mol. The average molecular weight is 197 g/mol. The van der Waals surface area contributed by atoms with Crippen molar-refractivity contribution in [3.63, 3.8) is 0 Å². The number of rotatable bonds is 6. The third-order valence-corrected chi connectivity index (χ3v) is 2.81. The number of hydrogen-bond donors (Lipinski definition) is 1. The largest absolute Gasteiger partial charge is 0.327 e. The van der Waals surface area contributed by atoms with E-state index in [4.69, 9.17) is 11.0 Å². The summed E-state index contributed by atoms with van der Waals surface area (Å²) in [5.41, 5.74) is 5.95. The first-order valence-electron chi connectivity index (χ1n) is 5.31. The van der Waals surface area contributed by atoms with Crippen molar-refractivity contribution in [1.29, 1.82) is 5.26 Å². The van der Waals surface area contributed by atoms with Crippen LogP contribution in [0.2, 0.25) is 0 Å². The minimum absolute atomic E-state index is 0.270. The lowest BCUT2D eigenvalue weighted by atomic mass is 10.0. The maximum atomic E-state index is 8.55. The number of nitrogens with two attached hydrogens (primary N) is 1. The highest BCUT2D eigenvalue weighted by molar-refractivity contribution is 4.79. The normalized spacial score (nSPS) is 15.6.